The Morgan fingerprint density at radius 3 is 2.35 bits per heavy atom. The highest BCUT2D eigenvalue weighted by Crippen LogP contribution is 2.36. The number of nitrogens with one attached hydrogen (secondary N) is 1. The van der Waals surface area contributed by atoms with Gasteiger partial charge in [0.1, 0.15) is 5.75 Å². The second-order valence-corrected chi connectivity index (χ2v) is 11.2. The van der Waals surface area contributed by atoms with Crippen LogP contribution in [0.4, 0.5) is 5.69 Å². The molecule has 1 amide bonds. The number of ether oxygens (including phenoxy) is 2. The third-order valence-corrected chi connectivity index (χ3v) is 8.43. The minimum absolute atomic E-state index is 0.114. The molecule has 8 nitrogen and oxygen atoms in total. The van der Waals surface area contributed by atoms with Crippen LogP contribution in [-0.4, -0.2) is 58.2 Å². The van der Waals surface area contributed by atoms with E-state index in [1.54, 1.807) is 48.5 Å². The zero-order chi connectivity index (χ0) is 25.8. The van der Waals surface area contributed by atoms with Crippen LogP contribution in [0.1, 0.15) is 16.7 Å². The van der Waals surface area contributed by atoms with Crippen LogP contribution in [0.5, 0.6) is 5.75 Å². The molecule has 0 bridgehead atoms. The Balaban J connectivity index is 1.26. The fourth-order valence-corrected chi connectivity index (χ4v) is 5.96. The van der Waals surface area contributed by atoms with Gasteiger partial charge < -0.3 is 14.8 Å². The second-order valence-electron chi connectivity index (χ2n) is 9.35. The fraction of sp³-hybridized carbons (Fsp3) is 0.321. The highest BCUT2D eigenvalue weighted by atomic mass is 32.2. The standard InChI is InChI=1S/C28H31N3O5S/c1-21-6-12-24(13-7-21)37(33,34)31-20-27(36-26-5-3-2-4-25(26)31)28(32)29-18-22-8-10-23(11-9-22)19-30-14-16-35-17-15-30/h2-13,27H,14-20H2,1H3,(H,29,32). The van der Waals surface area contributed by atoms with Gasteiger partial charge in [0.25, 0.3) is 15.9 Å². The molecular formula is C28H31N3O5S. The molecule has 0 spiro atoms. The molecule has 9 heteroatoms. The van der Waals surface area contributed by atoms with Crippen molar-refractivity contribution in [3.63, 3.8) is 0 Å². The van der Waals surface area contributed by atoms with Crippen LogP contribution in [0.15, 0.2) is 77.7 Å². The number of rotatable bonds is 7. The molecule has 0 saturated carbocycles. The van der Waals surface area contributed by atoms with Crippen molar-refractivity contribution in [2.24, 2.45) is 0 Å². The summed E-state index contributed by atoms with van der Waals surface area (Å²) in [5.74, 6) is -0.00643. The minimum Gasteiger partial charge on any atom is -0.476 e. The average molecular weight is 522 g/mol. The van der Waals surface area contributed by atoms with Crippen molar-refractivity contribution >= 4 is 21.6 Å². The van der Waals surface area contributed by atoms with Gasteiger partial charge in [0.15, 0.2) is 6.10 Å². The topological polar surface area (TPSA) is 88.2 Å². The summed E-state index contributed by atoms with van der Waals surface area (Å²) in [4.78, 5) is 15.6. The number of sulfonamides is 1. The van der Waals surface area contributed by atoms with Crippen molar-refractivity contribution in [1.82, 2.24) is 10.2 Å². The van der Waals surface area contributed by atoms with E-state index < -0.39 is 16.1 Å². The van der Waals surface area contributed by atoms with Crippen LogP contribution in [-0.2, 0) is 32.6 Å². The molecule has 194 valence electrons. The quantitative estimate of drug-likeness (QED) is 0.514. The van der Waals surface area contributed by atoms with Gasteiger partial charge >= 0.3 is 0 Å². The number of carbonyl (C=O) groups excluding carboxylic acids is 1. The number of benzene rings is 3. The van der Waals surface area contributed by atoms with E-state index in [1.165, 1.54) is 9.87 Å². The first-order valence-corrected chi connectivity index (χ1v) is 13.8. The summed E-state index contributed by atoms with van der Waals surface area (Å²) < 4.78 is 39.6. The molecule has 1 atom stereocenters. The molecule has 1 saturated heterocycles. The third-order valence-electron chi connectivity index (χ3n) is 6.64. The largest absolute Gasteiger partial charge is 0.476 e. The maximum atomic E-state index is 13.5. The molecule has 3 aromatic carbocycles. The lowest BCUT2D eigenvalue weighted by Gasteiger charge is -2.34. The van der Waals surface area contributed by atoms with Crippen molar-refractivity contribution in [3.8, 4) is 5.75 Å². The number of aryl methyl sites for hydroxylation is 1. The van der Waals surface area contributed by atoms with Gasteiger partial charge in [-0.3, -0.25) is 14.0 Å². The predicted octanol–water partition coefficient (Wildman–Crippen LogP) is 3.10. The Hall–Kier alpha value is -3.40. The van der Waals surface area contributed by atoms with E-state index in [1.807, 2.05) is 19.1 Å². The summed E-state index contributed by atoms with van der Waals surface area (Å²) in [6, 6.07) is 21.7. The Morgan fingerprint density at radius 2 is 1.62 bits per heavy atom. The number of para-hydroxylation sites is 2. The van der Waals surface area contributed by atoms with Gasteiger partial charge in [-0.25, -0.2) is 8.42 Å². The smallest absolute Gasteiger partial charge is 0.264 e. The van der Waals surface area contributed by atoms with Gasteiger partial charge in [-0.2, -0.15) is 0 Å². The van der Waals surface area contributed by atoms with Crippen molar-refractivity contribution in [2.75, 3.05) is 37.2 Å². The van der Waals surface area contributed by atoms with E-state index in [0.717, 1.165) is 44.0 Å². The molecule has 0 aliphatic carbocycles. The molecule has 3 aromatic rings. The number of hydrogen-bond acceptors (Lipinski definition) is 6. The number of anilines is 1. The lowest BCUT2D eigenvalue weighted by molar-refractivity contribution is -0.127. The number of morpholine rings is 1. The summed E-state index contributed by atoms with van der Waals surface area (Å²) >= 11 is 0. The number of amides is 1. The maximum absolute atomic E-state index is 13.5. The monoisotopic (exact) mass is 521 g/mol. The van der Waals surface area contributed by atoms with Gasteiger partial charge in [0.05, 0.1) is 30.3 Å². The lowest BCUT2D eigenvalue weighted by atomic mass is 10.1. The first kappa shape index (κ1) is 25.3. The molecule has 37 heavy (non-hydrogen) atoms. The van der Waals surface area contributed by atoms with Crippen LogP contribution in [0, 0.1) is 6.92 Å². The SMILES string of the molecule is Cc1ccc(S(=O)(=O)N2CC(C(=O)NCc3ccc(CN4CCOCC4)cc3)Oc3ccccc32)cc1. The molecular weight excluding hydrogens is 490 g/mol. The number of hydrogen-bond donors (Lipinski definition) is 1. The van der Waals surface area contributed by atoms with E-state index in [4.69, 9.17) is 9.47 Å². The van der Waals surface area contributed by atoms with Crippen molar-refractivity contribution < 1.29 is 22.7 Å². The minimum atomic E-state index is -3.88. The summed E-state index contributed by atoms with van der Waals surface area (Å²) in [6.07, 6.45) is -0.976. The highest BCUT2D eigenvalue weighted by molar-refractivity contribution is 7.92. The Bertz CT molecular complexity index is 1340. The Labute approximate surface area is 217 Å². The van der Waals surface area contributed by atoms with Crippen LogP contribution >= 0.6 is 0 Å². The summed E-state index contributed by atoms with van der Waals surface area (Å²) in [5.41, 5.74) is 3.55. The second kappa shape index (κ2) is 10.9. The zero-order valence-corrected chi connectivity index (χ0v) is 21.6. The van der Waals surface area contributed by atoms with Gasteiger partial charge in [-0.05, 0) is 42.3 Å². The zero-order valence-electron chi connectivity index (χ0n) is 20.8. The van der Waals surface area contributed by atoms with E-state index in [2.05, 4.69) is 22.3 Å². The van der Waals surface area contributed by atoms with Gasteiger partial charge in [-0.15, -0.1) is 0 Å². The normalized spacial score (nSPS) is 18.1. The lowest BCUT2D eigenvalue weighted by Crippen LogP contribution is -2.50. The van der Waals surface area contributed by atoms with Crippen molar-refractivity contribution in [3.05, 3.63) is 89.5 Å². The molecule has 1 unspecified atom stereocenters. The van der Waals surface area contributed by atoms with Crippen molar-refractivity contribution in [1.29, 1.82) is 0 Å². The molecule has 1 fully saturated rings. The number of fused-ring (bicyclic) bond motifs is 1. The number of carbonyl (C=O) groups is 1. The predicted molar refractivity (Wildman–Crippen MR) is 141 cm³/mol. The molecule has 5 rings (SSSR count). The van der Waals surface area contributed by atoms with Crippen LogP contribution in [0.25, 0.3) is 0 Å². The molecule has 2 heterocycles. The average Bonchev–Trinajstić information content (AvgIpc) is 2.92. The first-order valence-electron chi connectivity index (χ1n) is 12.4. The van der Waals surface area contributed by atoms with Crippen molar-refractivity contribution in [2.45, 2.75) is 31.0 Å². The summed E-state index contributed by atoms with van der Waals surface area (Å²) in [5, 5.41) is 2.91. The Kier molecular flexibility index (Phi) is 7.45. The van der Waals surface area contributed by atoms with E-state index >= 15 is 0 Å². The fourth-order valence-electron chi connectivity index (χ4n) is 4.49. The van der Waals surface area contributed by atoms with Gasteiger partial charge in [-0.1, -0.05) is 54.1 Å². The molecule has 2 aliphatic rings. The third kappa shape index (κ3) is 5.79. The van der Waals surface area contributed by atoms with Crippen LogP contribution < -0.4 is 14.4 Å². The van der Waals surface area contributed by atoms with Gasteiger partial charge in [0, 0.05) is 26.2 Å². The highest BCUT2D eigenvalue weighted by Gasteiger charge is 2.37. The van der Waals surface area contributed by atoms with Crippen LogP contribution in [0.2, 0.25) is 0 Å². The summed E-state index contributed by atoms with van der Waals surface area (Å²) in [6.45, 7) is 6.37. The molecule has 2 aliphatic heterocycles. The maximum Gasteiger partial charge on any atom is 0.264 e. The van der Waals surface area contributed by atoms with Crippen LogP contribution in [0.3, 0.4) is 0 Å². The summed E-state index contributed by atoms with van der Waals surface area (Å²) in [7, 11) is -3.88. The van der Waals surface area contributed by atoms with E-state index in [9.17, 15) is 13.2 Å². The molecule has 0 aromatic heterocycles. The number of nitrogens with zero attached hydrogens (tertiary/aromatic N) is 2. The van der Waals surface area contributed by atoms with E-state index in [-0.39, 0.29) is 17.3 Å². The van der Waals surface area contributed by atoms with Gasteiger partial charge in [0.2, 0.25) is 0 Å². The molecule has 0 radical (unpaired) electrons. The molecule has 1 N–H and O–H groups in total. The first-order chi connectivity index (χ1) is 17.9. The Morgan fingerprint density at radius 1 is 0.946 bits per heavy atom. The van der Waals surface area contributed by atoms with E-state index in [0.29, 0.717) is 18.0 Å².